The Morgan fingerprint density at radius 3 is 2.25 bits per heavy atom. The van der Waals surface area contributed by atoms with E-state index >= 15 is 0 Å². The lowest BCUT2D eigenvalue weighted by molar-refractivity contribution is 0.504. The first kappa shape index (κ1) is 18.1. The molecule has 0 aromatic heterocycles. The lowest BCUT2D eigenvalue weighted by atomic mass is 10.3. The molecular formula is C15H15F2N3O2S2. The van der Waals surface area contributed by atoms with E-state index in [9.17, 15) is 17.2 Å². The quantitative estimate of drug-likeness (QED) is 0.705. The molecule has 9 heteroatoms. The van der Waals surface area contributed by atoms with E-state index in [0.29, 0.717) is 23.4 Å². The van der Waals surface area contributed by atoms with Crippen molar-refractivity contribution in [1.29, 1.82) is 0 Å². The Bertz CT molecular complexity index is 840. The number of anilines is 2. The van der Waals surface area contributed by atoms with Crippen LogP contribution in [0.25, 0.3) is 0 Å². The molecular weight excluding hydrogens is 356 g/mol. The second kappa shape index (κ2) is 7.54. The van der Waals surface area contributed by atoms with Crippen LogP contribution in [0.1, 0.15) is 6.92 Å². The molecule has 0 bridgehead atoms. The summed E-state index contributed by atoms with van der Waals surface area (Å²) in [4.78, 5) is -0.364. The summed E-state index contributed by atoms with van der Waals surface area (Å²) >= 11 is 5.04. The van der Waals surface area contributed by atoms with Gasteiger partial charge in [-0.25, -0.2) is 17.2 Å². The monoisotopic (exact) mass is 371 g/mol. The molecule has 2 aromatic rings. The van der Waals surface area contributed by atoms with Gasteiger partial charge in [-0.15, -0.1) is 0 Å². The third-order valence-electron chi connectivity index (χ3n) is 2.93. The Morgan fingerprint density at radius 2 is 1.67 bits per heavy atom. The van der Waals surface area contributed by atoms with Crippen LogP contribution in [0, 0.1) is 11.6 Å². The summed E-state index contributed by atoms with van der Waals surface area (Å²) < 4.78 is 52.7. The van der Waals surface area contributed by atoms with Crippen molar-refractivity contribution in [3.8, 4) is 0 Å². The van der Waals surface area contributed by atoms with E-state index in [0.717, 1.165) is 12.1 Å². The Kier molecular flexibility index (Phi) is 5.68. The normalized spacial score (nSPS) is 11.0. The molecule has 24 heavy (non-hydrogen) atoms. The van der Waals surface area contributed by atoms with Crippen molar-refractivity contribution >= 4 is 38.7 Å². The van der Waals surface area contributed by atoms with Gasteiger partial charge in [0.1, 0.15) is 0 Å². The van der Waals surface area contributed by atoms with Crippen molar-refractivity contribution in [3.05, 3.63) is 54.1 Å². The maximum atomic E-state index is 13.2. The van der Waals surface area contributed by atoms with Crippen molar-refractivity contribution in [2.45, 2.75) is 11.8 Å². The Balaban J connectivity index is 2.12. The van der Waals surface area contributed by atoms with Crippen molar-refractivity contribution in [3.63, 3.8) is 0 Å². The first-order valence-corrected chi connectivity index (χ1v) is 8.84. The summed E-state index contributed by atoms with van der Waals surface area (Å²) in [7, 11) is -4.01. The van der Waals surface area contributed by atoms with Crippen molar-refractivity contribution in [2.24, 2.45) is 0 Å². The van der Waals surface area contributed by atoms with Crippen LogP contribution >= 0.6 is 12.2 Å². The summed E-state index contributed by atoms with van der Waals surface area (Å²) in [6.07, 6.45) is 0. The smallest absolute Gasteiger partial charge is 0.261 e. The summed E-state index contributed by atoms with van der Waals surface area (Å²) in [6.45, 7) is 2.59. The topological polar surface area (TPSA) is 70.2 Å². The molecule has 2 rings (SSSR count). The molecule has 0 saturated heterocycles. The molecule has 0 amide bonds. The minimum absolute atomic E-state index is 0.277. The Morgan fingerprint density at radius 1 is 1.04 bits per heavy atom. The van der Waals surface area contributed by atoms with E-state index in [1.807, 2.05) is 6.92 Å². The largest absolute Gasteiger partial charge is 0.363 e. The Labute approximate surface area is 144 Å². The molecule has 0 heterocycles. The zero-order valence-electron chi connectivity index (χ0n) is 12.6. The van der Waals surface area contributed by atoms with Gasteiger partial charge in [0.05, 0.1) is 4.90 Å². The van der Waals surface area contributed by atoms with Gasteiger partial charge in [0, 0.05) is 17.9 Å². The second-order valence-corrected chi connectivity index (χ2v) is 6.83. The predicted molar refractivity (Wildman–Crippen MR) is 93.5 cm³/mol. The van der Waals surface area contributed by atoms with Gasteiger partial charge in [0.25, 0.3) is 10.0 Å². The SMILES string of the molecule is CCNC(=S)Nc1ccc(NS(=O)(=O)c2ccc(F)c(F)c2)cc1. The molecule has 0 aliphatic rings. The highest BCUT2D eigenvalue weighted by atomic mass is 32.2. The lowest BCUT2D eigenvalue weighted by Gasteiger charge is -2.11. The molecule has 0 aliphatic heterocycles. The van der Waals surface area contributed by atoms with Gasteiger partial charge in [-0.05, 0) is 61.6 Å². The molecule has 0 aliphatic carbocycles. The molecule has 2 aromatic carbocycles. The van der Waals surface area contributed by atoms with Gasteiger partial charge in [0.15, 0.2) is 16.7 Å². The molecule has 0 atom stereocenters. The van der Waals surface area contributed by atoms with Crippen molar-refractivity contribution in [2.75, 3.05) is 16.6 Å². The van der Waals surface area contributed by atoms with Crippen LogP contribution in [0.4, 0.5) is 20.2 Å². The van der Waals surface area contributed by atoms with Crippen LogP contribution in [0.3, 0.4) is 0 Å². The average molecular weight is 371 g/mol. The van der Waals surface area contributed by atoms with Gasteiger partial charge in [-0.2, -0.15) is 0 Å². The highest BCUT2D eigenvalue weighted by molar-refractivity contribution is 7.92. The van der Waals surface area contributed by atoms with Crippen LogP contribution in [0.15, 0.2) is 47.4 Å². The number of halogens is 2. The average Bonchev–Trinajstić information content (AvgIpc) is 2.52. The molecule has 0 unspecified atom stereocenters. The highest BCUT2D eigenvalue weighted by Gasteiger charge is 2.16. The fourth-order valence-corrected chi connectivity index (χ4v) is 3.15. The zero-order valence-corrected chi connectivity index (χ0v) is 14.3. The maximum absolute atomic E-state index is 13.2. The van der Waals surface area contributed by atoms with Gasteiger partial charge < -0.3 is 10.6 Å². The van der Waals surface area contributed by atoms with Crippen LogP contribution in [0.2, 0.25) is 0 Å². The van der Waals surface area contributed by atoms with E-state index < -0.39 is 21.7 Å². The van der Waals surface area contributed by atoms with Crippen LogP contribution < -0.4 is 15.4 Å². The van der Waals surface area contributed by atoms with E-state index in [4.69, 9.17) is 12.2 Å². The summed E-state index contributed by atoms with van der Waals surface area (Å²) in [5.74, 6) is -2.34. The van der Waals surface area contributed by atoms with Crippen molar-refractivity contribution < 1.29 is 17.2 Å². The number of sulfonamides is 1. The summed E-state index contributed by atoms with van der Waals surface area (Å²) in [6, 6.07) is 8.69. The zero-order chi connectivity index (χ0) is 17.7. The first-order chi connectivity index (χ1) is 11.3. The number of hydrogen-bond donors (Lipinski definition) is 3. The van der Waals surface area contributed by atoms with Crippen LogP contribution in [0.5, 0.6) is 0 Å². The molecule has 0 fully saturated rings. The van der Waals surface area contributed by atoms with Gasteiger partial charge >= 0.3 is 0 Å². The first-order valence-electron chi connectivity index (χ1n) is 6.94. The maximum Gasteiger partial charge on any atom is 0.261 e. The minimum Gasteiger partial charge on any atom is -0.363 e. The fraction of sp³-hybridized carbons (Fsp3) is 0.133. The summed E-state index contributed by atoms with van der Waals surface area (Å²) in [5, 5.41) is 6.30. The molecule has 5 nitrogen and oxygen atoms in total. The third-order valence-corrected chi connectivity index (χ3v) is 4.56. The lowest BCUT2D eigenvalue weighted by Crippen LogP contribution is -2.27. The standard InChI is InChI=1S/C15H15F2N3O2S2/c1-2-18-15(23)19-10-3-5-11(6-4-10)20-24(21,22)12-7-8-13(16)14(17)9-12/h3-9,20H,2H2,1H3,(H2,18,19,23). The number of benzene rings is 2. The molecule has 0 radical (unpaired) electrons. The molecule has 3 N–H and O–H groups in total. The van der Waals surface area contributed by atoms with E-state index in [2.05, 4.69) is 15.4 Å². The van der Waals surface area contributed by atoms with Gasteiger partial charge in [-0.3, -0.25) is 4.72 Å². The predicted octanol–water partition coefficient (Wildman–Crippen LogP) is 3.07. The summed E-state index contributed by atoms with van der Waals surface area (Å²) in [5.41, 5.74) is 0.955. The minimum atomic E-state index is -4.01. The molecule has 0 spiro atoms. The van der Waals surface area contributed by atoms with E-state index in [1.165, 1.54) is 12.1 Å². The van der Waals surface area contributed by atoms with E-state index in [-0.39, 0.29) is 10.6 Å². The van der Waals surface area contributed by atoms with Crippen LogP contribution in [-0.2, 0) is 10.0 Å². The number of thiocarbonyl (C=S) groups is 1. The van der Waals surface area contributed by atoms with Gasteiger partial charge in [-0.1, -0.05) is 0 Å². The second-order valence-electron chi connectivity index (χ2n) is 4.74. The highest BCUT2D eigenvalue weighted by Crippen LogP contribution is 2.20. The van der Waals surface area contributed by atoms with Gasteiger partial charge in [0.2, 0.25) is 0 Å². The van der Waals surface area contributed by atoms with Crippen molar-refractivity contribution in [1.82, 2.24) is 5.32 Å². The molecule has 128 valence electrons. The number of nitrogens with one attached hydrogen (secondary N) is 3. The third kappa shape index (κ3) is 4.62. The number of hydrogen-bond acceptors (Lipinski definition) is 3. The number of rotatable bonds is 5. The van der Waals surface area contributed by atoms with E-state index in [1.54, 1.807) is 12.1 Å². The Hall–Kier alpha value is -2.26. The molecule has 0 saturated carbocycles. The fourth-order valence-electron chi connectivity index (χ4n) is 1.82. The van der Waals surface area contributed by atoms with Crippen LogP contribution in [-0.4, -0.2) is 20.1 Å².